The first-order valence-corrected chi connectivity index (χ1v) is 8.94. The molecule has 5 rings (SSSR count). The Morgan fingerprint density at radius 1 is 1.19 bits per heavy atom. The summed E-state index contributed by atoms with van der Waals surface area (Å²) in [5, 5.41) is 0.399. The van der Waals surface area contributed by atoms with Crippen LogP contribution >= 0.6 is 11.7 Å². The van der Waals surface area contributed by atoms with Crippen molar-refractivity contribution in [2.75, 3.05) is 7.11 Å². The van der Waals surface area contributed by atoms with Gasteiger partial charge in [0, 0.05) is 17.0 Å². The highest BCUT2D eigenvalue weighted by molar-refractivity contribution is 7.00. The maximum absolute atomic E-state index is 13.2. The summed E-state index contributed by atoms with van der Waals surface area (Å²) in [6, 6.07) is 8.49. The van der Waals surface area contributed by atoms with Gasteiger partial charge in [-0.15, -0.1) is 0 Å². The molecule has 27 heavy (non-hydrogen) atoms. The average molecular weight is 380 g/mol. The van der Waals surface area contributed by atoms with Crippen LogP contribution in [0.1, 0.15) is 23.5 Å². The van der Waals surface area contributed by atoms with E-state index < -0.39 is 11.9 Å². The molecular formula is C19H12N2O5S. The van der Waals surface area contributed by atoms with Crippen LogP contribution < -0.4 is 14.9 Å². The molecule has 134 valence electrons. The fourth-order valence-electron chi connectivity index (χ4n) is 3.47. The van der Waals surface area contributed by atoms with Crippen LogP contribution in [0.4, 0.5) is 0 Å². The van der Waals surface area contributed by atoms with Gasteiger partial charge in [0.05, 0.1) is 36.9 Å². The lowest BCUT2D eigenvalue weighted by Gasteiger charge is -2.24. The molecular weight excluding hydrogens is 368 g/mol. The van der Waals surface area contributed by atoms with E-state index in [1.807, 2.05) is 0 Å². The molecule has 0 saturated heterocycles. The number of rotatable bonds is 2. The number of fused-ring (bicyclic) bond motifs is 4. The van der Waals surface area contributed by atoms with Crippen LogP contribution in [0.15, 0.2) is 45.8 Å². The molecule has 0 fully saturated rings. The number of hydrogen-bond donors (Lipinski definition) is 0. The van der Waals surface area contributed by atoms with Gasteiger partial charge in [0.15, 0.2) is 5.43 Å². The van der Waals surface area contributed by atoms with E-state index in [4.69, 9.17) is 13.9 Å². The monoisotopic (exact) mass is 380 g/mol. The molecule has 4 aromatic rings. The number of carbonyl (C=O) groups is 1. The summed E-state index contributed by atoms with van der Waals surface area (Å²) in [6.07, 6.45) is 1.45. The number of esters is 1. The third kappa shape index (κ3) is 2.41. The van der Waals surface area contributed by atoms with Crippen LogP contribution in [0, 0.1) is 0 Å². The van der Waals surface area contributed by atoms with E-state index >= 15 is 0 Å². The number of aromatic nitrogens is 2. The van der Waals surface area contributed by atoms with Gasteiger partial charge < -0.3 is 13.9 Å². The van der Waals surface area contributed by atoms with E-state index in [1.54, 1.807) is 30.3 Å². The van der Waals surface area contributed by atoms with E-state index in [2.05, 4.69) is 8.75 Å². The van der Waals surface area contributed by atoms with Gasteiger partial charge in [-0.1, -0.05) is 0 Å². The lowest BCUT2D eigenvalue weighted by Crippen LogP contribution is -2.25. The molecule has 0 spiro atoms. The minimum absolute atomic E-state index is 0.0316. The summed E-state index contributed by atoms with van der Waals surface area (Å²) < 4.78 is 24.8. The van der Waals surface area contributed by atoms with Crippen molar-refractivity contribution in [2.24, 2.45) is 0 Å². The summed E-state index contributed by atoms with van der Waals surface area (Å²) in [5.41, 5.74) is 2.66. The minimum atomic E-state index is -0.513. The predicted octanol–water partition coefficient (Wildman–Crippen LogP) is 3.25. The van der Waals surface area contributed by atoms with Crippen molar-refractivity contribution < 1.29 is 18.7 Å². The van der Waals surface area contributed by atoms with Crippen LogP contribution in [0.5, 0.6) is 11.5 Å². The van der Waals surface area contributed by atoms with Crippen LogP contribution in [0.3, 0.4) is 0 Å². The molecule has 1 atom stereocenters. The quantitative estimate of drug-likeness (QED) is 0.389. The molecule has 0 radical (unpaired) electrons. The normalized spacial score (nSPS) is 16.3. The van der Waals surface area contributed by atoms with Crippen molar-refractivity contribution in [1.82, 2.24) is 8.75 Å². The number of hydrogen-bond acceptors (Lipinski definition) is 8. The number of benzene rings is 2. The lowest BCUT2D eigenvalue weighted by atomic mass is 9.86. The van der Waals surface area contributed by atoms with Gasteiger partial charge in [0.1, 0.15) is 28.1 Å². The molecule has 2 aromatic carbocycles. The molecule has 8 heteroatoms. The van der Waals surface area contributed by atoms with E-state index in [9.17, 15) is 9.59 Å². The molecule has 1 aliphatic heterocycles. The summed E-state index contributed by atoms with van der Waals surface area (Å²) in [6.45, 7) is 0. The summed E-state index contributed by atoms with van der Waals surface area (Å²) in [5.74, 6) is 0.0453. The molecule has 1 aliphatic rings. The molecule has 0 saturated carbocycles. The smallest absolute Gasteiger partial charge is 0.312 e. The Labute approximate surface area is 156 Å². The summed E-state index contributed by atoms with van der Waals surface area (Å²) in [4.78, 5) is 25.3. The number of methoxy groups -OCH3 is 1. The number of carbonyl (C=O) groups excluding carboxylic acids is 1. The van der Waals surface area contributed by atoms with Crippen molar-refractivity contribution in [1.29, 1.82) is 0 Å². The third-order valence-corrected chi connectivity index (χ3v) is 5.29. The van der Waals surface area contributed by atoms with Crippen molar-refractivity contribution >= 4 is 39.7 Å². The zero-order valence-corrected chi connectivity index (χ0v) is 14.9. The molecule has 0 amide bonds. The minimum Gasteiger partial charge on any atom is -0.497 e. The molecule has 7 nitrogen and oxygen atoms in total. The second kappa shape index (κ2) is 5.88. The summed E-state index contributed by atoms with van der Waals surface area (Å²) in [7, 11) is 1.53. The van der Waals surface area contributed by atoms with Gasteiger partial charge in [-0.2, -0.15) is 8.75 Å². The zero-order valence-electron chi connectivity index (χ0n) is 14.1. The van der Waals surface area contributed by atoms with Gasteiger partial charge in [0.2, 0.25) is 0 Å². The van der Waals surface area contributed by atoms with Crippen LogP contribution in [-0.4, -0.2) is 21.8 Å². The molecule has 0 aliphatic carbocycles. The zero-order chi connectivity index (χ0) is 18.5. The van der Waals surface area contributed by atoms with E-state index in [0.717, 1.165) is 11.7 Å². The SMILES string of the molecule is COc1ccc2occ(C3CC(=O)Oc4ccc5nsnc5c43)c(=O)c2c1. The maximum atomic E-state index is 13.2. The largest absolute Gasteiger partial charge is 0.497 e. The van der Waals surface area contributed by atoms with Gasteiger partial charge in [-0.25, -0.2) is 0 Å². The predicted molar refractivity (Wildman–Crippen MR) is 98.5 cm³/mol. The van der Waals surface area contributed by atoms with Crippen LogP contribution in [-0.2, 0) is 4.79 Å². The van der Waals surface area contributed by atoms with Gasteiger partial charge in [-0.3, -0.25) is 9.59 Å². The Morgan fingerprint density at radius 3 is 2.93 bits per heavy atom. The van der Waals surface area contributed by atoms with E-state index in [1.165, 1.54) is 13.4 Å². The topological polar surface area (TPSA) is 91.5 Å². The van der Waals surface area contributed by atoms with Gasteiger partial charge in [0.25, 0.3) is 0 Å². The molecule has 3 heterocycles. The highest BCUT2D eigenvalue weighted by atomic mass is 32.1. The molecule has 0 bridgehead atoms. The number of nitrogens with zero attached hydrogens (tertiary/aromatic N) is 2. The maximum Gasteiger partial charge on any atom is 0.312 e. The van der Waals surface area contributed by atoms with E-state index in [0.29, 0.717) is 44.6 Å². The number of ether oxygens (including phenoxy) is 2. The van der Waals surface area contributed by atoms with Gasteiger partial charge >= 0.3 is 5.97 Å². The molecule has 1 unspecified atom stereocenters. The lowest BCUT2D eigenvalue weighted by molar-refractivity contribution is -0.135. The first-order chi connectivity index (χ1) is 13.2. The second-order valence-corrected chi connectivity index (χ2v) is 6.75. The van der Waals surface area contributed by atoms with E-state index in [-0.39, 0.29) is 11.8 Å². The fraction of sp³-hybridized carbons (Fsp3) is 0.158. The van der Waals surface area contributed by atoms with Gasteiger partial charge in [-0.05, 0) is 30.3 Å². The summed E-state index contributed by atoms with van der Waals surface area (Å²) >= 11 is 1.08. The average Bonchev–Trinajstić information content (AvgIpc) is 3.16. The van der Waals surface area contributed by atoms with Crippen molar-refractivity contribution in [3.63, 3.8) is 0 Å². The first-order valence-electron chi connectivity index (χ1n) is 8.21. The van der Waals surface area contributed by atoms with Crippen molar-refractivity contribution in [3.05, 3.63) is 57.9 Å². The Morgan fingerprint density at radius 2 is 2.07 bits per heavy atom. The standard InChI is InChI=1S/C19H12N2O5S/c1-24-9-2-4-14-11(6-9)19(23)12(8-25-14)10-7-16(22)26-15-5-3-13-18(17(10)15)21-27-20-13/h2-6,8,10H,7H2,1H3. The molecule has 0 N–H and O–H groups in total. The van der Waals surface area contributed by atoms with Crippen LogP contribution in [0.25, 0.3) is 22.0 Å². The Balaban J connectivity index is 1.78. The Kier molecular flexibility index (Phi) is 3.48. The fourth-order valence-corrected chi connectivity index (χ4v) is 4.02. The first kappa shape index (κ1) is 16.0. The van der Waals surface area contributed by atoms with Crippen molar-refractivity contribution in [2.45, 2.75) is 12.3 Å². The highest BCUT2D eigenvalue weighted by Gasteiger charge is 2.33. The Bertz CT molecular complexity index is 1280. The highest BCUT2D eigenvalue weighted by Crippen LogP contribution is 2.41. The van der Waals surface area contributed by atoms with Crippen LogP contribution in [0.2, 0.25) is 0 Å². The molecule has 2 aromatic heterocycles. The third-order valence-electron chi connectivity index (χ3n) is 4.75. The van der Waals surface area contributed by atoms with Crippen molar-refractivity contribution in [3.8, 4) is 11.5 Å². The Hall–Kier alpha value is -3.26. The second-order valence-electron chi connectivity index (χ2n) is 6.22.